The van der Waals surface area contributed by atoms with Crippen LogP contribution in [0.3, 0.4) is 0 Å². The summed E-state index contributed by atoms with van der Waals surface area (Å²) in [6, 6.07) is 24.7. The first-order valence-corrected chi connectivity index (χ1v) is 12.4. The summed E-state index contributed by atoms with van der Waals surface area (Å²) in [5, 5.41) is 9.31. The van der Waals surface area contributed by atoms with E-state index in [2.05, 4.69) is 19.1 Å². The van der Waals surface area contributed by atoms with Gasteiger partial charge in [0.1, 0.15) is 12.4 Å². The molecule has 0 aliphatic rings. The van der Waals surface area contributed by atoms with Crippen molar-refractivity contribution in [3.05, 3.63) is 101 Å². The fourth-order valence-corrected chi connectivity index (χ4v) is 4.00. The van der Waals surface area contributed by atoms with Crippen molar-refractivity contribution in [2.45, 2.75) is 58.6 Å². The highest BCUT2D eigenvalue weighted by Gasteiger charge is 2.14. The van der Waals surface area contributed by atoms with Gasteiger partial charge in [-0.25, -0.2) is 4.79 Å². The average Bonchev–Trinajstić information content (AvgIpc) is 2.89. The number of nitrogens with zero attached hydrogens (tertiary/aromatic N) is 1. The number of hydrogen-bond acceptors (Lipinski definition) is 3. The zero-order valence-electron chi connectivity index (χ0n) is 20.5. The molecule has 184 valence electrons. The van der Waals surface area contributed by atoms with Crippen LogP contribution < -0.4 is 4.74 Å². The Morgan fingerprint density at radius 3 is 2.26 bits per heavy atom. The SMILES string of the molecule is CCCCCCN(Cc1ccccc1)C(=O)CCc1ccc(OCc2ccccc2C(=O)O)cc1. The lowest BCUT2D eigenvalue weighted by Crippen LogP contribution is -2.31. The van der Waals surface area contributed by atoms with Crippen molar-refractivity contribution in [2.24, 2.45) is 0 Å². The zero-order valence-corrected chi connectivity index (χ0v) is 20.5. The quantitative estimate of drug-likeness (QED) is 0.271. The third-order valence-electron chi connectivity index (χ3n) is 6.04. The summed E-state index contributed by atoms with van der Waals surface area (Å²) in [5.41, 5.74) is 3.11. The molecule has 3 aromatic carbocycles. The molecule has 1 amide bonds. The van der Waals surface area contributed by atoms with Crippen LogP contribution in [0.1, 0.15) is 66.1 Å². The molecule has 0 radical (unpaired) electrons. The van der Waals surface area contributed by atoms with Crippen LogP contribution in [0.2, 0.25) is 0 Å². The van der Waals surface area contributed by atoms with Crippen LogP contribution in [0.4, 0.5) is 0 Å². The third-order valence-corrected chi connectivity index (χ3v) is 6.04. The maximum Gasteiger partial charge on any atom is 0.336 e. The number of aromatic carboxylic acids is 1. The number of benzene rings is 3. The monoisotopic (exact) mass is 473 g/mol. The van der Waals surface area contributed by atoms with Crippen LogP contribution >= 0.6 is 0 Å². The first-order chi connectivity index (χ1) is 17.1. The molecule has 1 N–H and O–H groups in total. The fraction of sp³-hybridized carbons (Fsp3) is 0.333. The minimum Gasteiger partial charge on any atom is -0.489 e. The van der Waals surface area contributed by atoms with E-state index in [1.54, 1.807) is 24.3 Å². The average molecular weight is 474 g/mol. The molecule has 0 aromatic heterocycles. The van der Waals surface area contributed by atoms with E-state index < -0.39 is 5.97 Å². The van der Waals surface area contributed by atoms with Crippen LogP contribution in [-0.4, -0.2) is 28.4 Å². The summed E-state index contributed by atoms with van der Waals surface area (Å²) < 4.78 is 5.79. The number of carbonyl (C=O) groups excluding carboxylic acids is 1. The van der Waals surface area contributed by atoms with Gasteiger partial charge in [-0.15, -0.1) is 0 Å². The molecular weight excluding hydrogens is 438 g/mol. The minimum atomic E-state index is -0.962. The molecule has 0 heterocycles. The lowest BCUT2D eigenvalue weighted by Gasteiger charge is -2.23. The van der Waals surface area contributed by atoms with Gasteiger partial charge in [0.15, 0.2) is 0 Å². The zero-order chi connectivity index (χ0) is 24.9. The summed E-state index contributed by atoms with van der Waals surface area (Å²) in [4.78, 5) is 26.4. The molecule has 0 fully saturated rings. The topological polar surface area (TPSA) is 66.8 Å². The maximum atomic E-state index is 13.1. The van der Waals surface area contributed by atoms with E-state index in [-0.39, 0.29) is 18.1 Å². The molecule has 0 unspecified atom stereocenters. The molecule has 0 bridgehead atoms. The number of rotatable bonds is 14. The summed E-state index contributed by atoms with van der Waals surface area (Å²) in [7, 11) is 0. The van der Waals surface area contributed by atoms with Gasteiger partial charge in [-0.1, -0.05) is 86.8 Å². The minimum absolute atomic E-state index is 0.177. The van der Waals surface area contributed by atoms with Crippen molar-refractivity contribution in [3.63, 3.8) is 0 Å². The van der Waals surface area contributed by atoms with Gasteiger partial charge in [0, 0.05) is 25.1 Å². The van der Waals surface area contributed by atoms with Crippen LogP contribution in [-0.2, 0) is 24.4 Å². The number of amides is 1. The predicted molar refractivity (Wildman–Crippen MR) is 138 cm³/mol. The van der Waals surface area contributed by atoms with Gasteiger partial charge in [0.2, 0.25) is 5.91 Å². The normalized spacial score (nSPS) is 10.7. The van der Waals surface area contributed by atoms with Gasteiger partial charge in [-0.05, 0) is 42.2 Å². The van der Waals surface area contributed by atoms with Gasteiger partial charge in [-0.3, -0.25) is 4.79 Å². The molecule has 5 heteroatoms. The molecule has 0 saturated carbocycles. The van der Waals surface area contributed by atoms with Crippen molar-refractivity contribution < 1.29 is 19.4 Å². The van der Waals surface area contributed by atoms with Crippen LogP contribution in [0.25, 0.3) is 0 Å². The number of hydrogen-bond donors (Lipinski definition) is 1. The number of ether oxygens (including phenoxy) is 1. The highest BCUT2D eigenvalue weighted by atomic mass is 16.5. The highest BCUT2D eigenvalue weighted by Crippen LogP contribution is 2.18. The Bertz CT molecular complexity index is 1060. The van der Waals surface area contributed by atoms with Crippen molar-refractivity contribution in [3.8, 4) is 5.75 Å². The first kappa shape index (κ1) is 26.0. The van der Waals surface area contributed by atoms with E-state index >= 15 is 0 Å². The highest BCUT2D eigenvalue weighted by molar-refractivity contribution is 5.89. The molecule has 0 saturated heterocycles. The molecule has 3 aromatic rings. The predicted octanol–water partition coefficient (Wildman–Crippen LogP) is 6.51. The largest absolute Gasteiger partial charge is 0.489 e. The molecule has 0 atom stereocenters. The second-order valence-electron chi connectivity index (χ2n) is 8.76. The van der Waals surface area contributed by atoms with Crippen molar-refractivity contribution in [2.75, 3.05) is 6.54 Å². The Morgan fingerprint density at radius 1 is 0.829 bits per heavy atom. The van der Waals surface area contributed by atoms with E-state index in [0.29, 0.717) is 30.7 Å². The van der Waals surface area contributed by atoms with E-state index in [9.17, 15) is 14.7 Å². The number of aryl methyl sites for hydroxylation is 1. The van der Waals surface area contributed by atoms with Crippen LogP contribution in [0.15, 0.2) is 78.9 Å². The number of unbranched alkanes of at least 4 members (excludes halogenated alkanes) is 3. The Kier molecular flexibility index (Phi) is 10.4. The van der Waals surface area contributed by atoms with E-state index in [4.69, 9.17) is 4.74 Å². The summed E-state index contributed by atoms with van der Waals surface area (Å²) in [5.74, 6) is -0.117. The van der Waals surface area contributed by atoms with Gasteiger partial charge in [0.25, 0.3) is 0 Å². The Morgan fingerprint density at radius 2 is 1.54 bits per heavy atom. The second-order valence-corrected chi connectivity index (χ2v) is 8.76. The molecular formula is C30H35NO4. The van der Waals surface area contributed by atoms with Gasteiger partial charge >= 0.3 is 5.97 Å². The molecule has 0 aliphatic heterocycles. The van der Waals surface area contributed by atoms with Gasteiger partial charge < -0.3 is 14.7 Å². The van der Waals surface area contributed by atoms with E-state index in [1.807, 2.05) is 47.4 Å². The van der Waals surface area contributed by atoms with Gasteiger partial charge in [-0.2, -0.15) is 0 Å². The van der Waals surface area contributed by atoms with Crippen molar-refractivity contribution in [1.29, 1.82) is 0 Å². The number of carbonyl (C=O) groups is 2. The molecule has 3 rings (SSSR count). The Hall–Kier alpha value is -3.60. The first-order valence-electron chi connectivity index (χ1n) is 12.4. The Labute approximate surface area is 208 Å². The van der Waals surface area contributed by atoms with E-state index in [0.717, 1.165) is 30.5 Å². The fourth-order valence-electron chi connectivity index (χ4n) is 4.00. The second kappa shape index (κ2) is 14.0. The smallest absolute Gasteiger partial charge is 0.336 e. The standard InChI is InChI=1S/C30H35NO4/c1-2-3-4-10-21-31(22-25-11-6-5-7-12-25)29(32)20-17-24-15-18-27(19-16-24)35-23-26-13-8-9-14-28(26)30(33)34/h5-9,11-16,18-19H,2-4,10,17,20-23H2,1H3,(H,33,34). The third kappa shape index (κ3) is 8.60. The van der Waals surface area contributed by atoms with E-state index in [1.165, 1.54) is 12.8 Å². The van der Waals surface area contributed by atoms with Crippen LogP contribution in [0.5, 0.6) is 5.75 Å². The van der Waals surface area contributed by atoms with Gasteiger partial charge in [0.05, 0.1) is 5.56 Å². The lowest BCUT2D eigenvalue weighted by molar-refractivity contribution is -0.131. The summed E-state index contributed by atoms with van der Waals surface area (Å²) >= 11 is 0. The Balaban J connectivity index is 1.53. The molecule has 5 nitrogen and oxygen atoms in total. The maximum absolute atomic E-state index is 13.1. The number of carboxylic acid groups (broad SMARTS) is 1. The summed E-state index contributed by atoms with van der Waals surface area (Å²) in [6.07, 6.45) is 5.69. The van der Waals surface area contributed by atoms with Crippen LogP contribution in [0, 0.1) is 0 Å². The molecule has 35 heavy (non-hydrogen) atoms. The summed E-state index contributed by atoms with van der Waals surface area (Å²) in [6.45, 7) is 3.82. The number of carboxylic acids is 1. The molecule has 0 spiro atoms. The lowest BCUT2D eigenvalue weighted by atomic mass is 10.1. The molecule has 0 aliphatic carbocycles. The van der Waals surface area contributed by atoms with Crippen molar-refractivity contribution >= 4 is 11.9 Å². The van der Waals surface area contributed by atoms with Crippen molar-refractivity contribution in [1.82, 2.24) is 4.90 Å².